The zero-order valence-electron chi connectivity index (χ0n) is 7.51. The van der Waals surface area contributed by atoms with Crippen molar-refractivity contribution in [2.45, 2.75) is 13.8 Å². The minimum absolute atomic E-state index is 0.423. The van der Waals surface area contributed by atoms with Crippen LogP contribution in [0, 0.1) is 9.62 Å². The molecule has 72 valence electrons. The lowest BCUT2D eigenvalue weighted by atomic mass is 10.2. The van der Waals surface area contributed by atoms with Gasteiger partial charge in [0, 0.05) is 6.54 Å². The second-order valence-electron chi connectivity index (χ2n) is 3.11. The SMILES string of the molecule is CC(C)CNc1nc(Cl)cnc1I. The zero-order valence-corrected chi connectivity index (χ0v) is 10.4. The van der Waals surface area contributed by atoms with Gasteiger partial charge in [-0.25, -0.2) is 9.97 Å². The predicted octanol–water partition coefficient (Wildman–Crippen LogP) is 2.80. The molecule has 1 aromatic rings. The number of hydrogen-bond donors (Lipinski definition) is 1. The van der Waals surface area contributed by atoms with Crippen LogP contribution in [0.25, 0.3) is 0 Å². The summed E-state index contributed by atoms with van der Waals surface area (Å²) in [6.45, 7) is 5.15. The van der Waals surface area contributed by atoms with Crippen molar-refractivity contribution in [1.29, 1.82) is 0 Å². The first-order valence-corrected chi connectivity index (χ1v) is 5.47. The summed E-state index contributed by atoms with van der Waals surface area (Å²) in [4.78, 5) is 8.22. The molecule has 0 aromatic carbocycles. The highest BCUT2D eigenvalue weighted by Crippen LogP contribution is 2.15. The summed E-state index contributed by atoms with van der Waals surface area (Å²) in [5.41, 5.74) is 0. The molecule has 0 amide bonds. The van der Waals surface area contributed by atoms with E-state index in [0.29, 0.717) is 11.1 Å². The van der Waals surface area contributed by atoms with Gasteiger partial charge in [-0.05, 0) is 28.5 Å². The quantitative estimate of drug-likeness (QED) is 0.872. The highest BCUT2D eigenvalue weighted by Gasteiger charge is 2.03. The summed E-state index contributed by atoms with van der Waals surface area (Å²) < 4.78 is 0.850. The first kappa shape index (κ1) is 11.0. The van der Waals surface area contributed by atoms with Gasteiger partial charge >= 0.3 is 0 Å². The van der Waals surface area contributed by atoms with Crippen molar-refractivity contribution in [1.82, 2.24) is 9.97 Å². The Morgan fingerprint density at radius 3 is 2.92 bits per heavy atom. The van der Waals surface area contributed by atoms with Crippen LogP contribution in [0.4, 0.5) is 5.82 Å². The van der Waals surface area contributed by atoms with E-state index < -0.39 is 0 Å². The second-order valence-corrected chi connectivity index (χ2v) is 4.52. The van der Waals surface area contributed by atoms with Gasteiger partial charge in [-0.3, -0.25) is 0 Å². The maximum Gasteiger partial charge on any atom is 0.160 e. The van der Waals surface area contributed by atoms with Gasteiger partial charge in [0.1, 0.15) is 8.85 Å². The Kier molecular flexibility index (Phi) is 4.18. The Hall–Kier alpha value is -0.100. The van der Waals surface area contributed by atoms with Crippen molar-refractivity contribution < 1.29 is 0 Å². The first-order chi connectivity index (χ1) is 6.09. The summed E-state index contributed by atoms with van der Waals surface area (Å²) in [6, 6.07) is 0. The van der Waals surface area contributed by atoms with E-state index in [1.807, 2.05) is 0 Å². The van der Waals surface area contributed by atoms with E-state index in [1.165, 1.54) is 0 Å². The number of aromatic nitrogens is 2. The summed E-state index contributed by atoms with van der Waals surface area (Å²) >= 11 is 7.84. The third-order valence-corrected chi connectivity index (χ3v) is 2.35. The molecule has 0 radical (unpaired) electrons. The summed E-state index contributed by atoms with van der Waals surface area (Å²) in [7, 11) is 0. The molecule has 5 heteroatoms. The van der Waals surface area contributed by atoms with Gasteiger partial charge in [0.15, 0.2) is 5.82 Å². The normalized spacial score (nSPS) is 10.5. The monoisotopic (exact) mass is 311 g/mol. The molecule has 0 saturated carbocycles. The molecule has 0 saturated heterocycles. The van der Waals surface area contributed by atoms with Gasteiger partial charge in [-0.2, -0.15) is 0 Å². The van der Waals surface area contributed by atoms with Crippen LogP contribution in [-0.2, 0) is 0 Å². The van der Waals surface area contributed by atoms with E-state index >= 15 is 0 Å². The summed E-state index contributed by atoms with van der Waals surface area (Å²) in [5, 5.41) is 3.61. The maximum atomic E-state index is 5.72. The minimum atomic E-state index is 0.423. The Bertz CT molecular complexity index is 291. The van der Waals surface area contributed by atoms with Gasteiger partial charge in [0.05, 0.1) is 6.20 Å². The van der Waals surface area contributed by atoms with Crippen LogP contribution >= 0.6 is 34.2 Å². The van der Waals surface area contributed by atoms with Crippen LogP contribution in [0.1, 0.15) is 13.8 Å². The van der Waals surface area contributed by atoms with Crippen molar-refractivity contribution in [3.8, 4) is 0 Å². The van der Waals surface area contributed by atoms with E-state index in [0.717, 1.165) is 16.1 Å². The molecule has 0 fully saturated rings. The van der Waals surface area contributed by atoms with Crippen LogP contribution < -0.4 is 5.32 Å². The molecule has 0 aliphatic heterocycles. The number of nitrogens with zero attached hydrogens (tertiary/aromatic N) is 2. The predicted molar refractivity (Wildman–Crippen MR) is 63.1 cm³/mol. The molecule has 0 aliphatic rings. The van der Waals surface area contributed by atoms with Crippen LogP contribution in [0.5, 0.6) is 0 Å². The number of nitrogens with one attached hydrogen (secondary N) is 1. The molecule has 1 heterocycles. The Morgan fingerprint density at radius 2 is 2.31 bits per heavy atom. The molecule has 0 atom stereocenters. The van der Waals surface area contributed by atoms with Gasteiger partial charge in [0.2, 0.25) is 0 Å². The third-order valence-electron chi connectivity index (χ3n) is 1.38. The van der Waals surface area contributed by atoms with Crippen LogP contribution in [0.15, 0.2) is 6.20 Å². The van der Waals surface area contributed by atoms with Crippen molar-refractivity contribution in [3.05, 3.63) is 15.1 Å². The molecule has 1 aromatic heterocycles. The molecule has 3 nitrogen and oxygen atoms in total. The van der Waals surface area contributed by atoms with E-state index in [-0.39, 0.29) is 0 Å². The number of hydrogen-bond acceptors (Lipinski definition) is 3. The molecule has 0 bridgehead atoms. The highest BCUT2D eigenvalue weighted by atomic mass is 127. The van der Waals surface area contributed by atoms with Crippen molar-refractivity contribution >= 4 is 40.0 Å². The standard InChI is InChI=1S/C8H11ClIN3/c1-5(2)3-12-8-7(10)11-4-6(9)13-8/h4-5H,3H2,1-2H3,(H,12,13). The molecular weight excluding hydrogens is 300 g/mol. The Morgan fingerprint density at radius 1 is 1.62 bits per heavy atom. The number of rotatable bonds is 3. The van der Waals surface area contributed by atoms with Gasteiger partial charge in [0.25, 0.3) is 0 Å². The van der Waals surface area contributed by atoms with Gasteiger partial charge in [-0.1, -0.05) is 25.4 Å². The topological polar surface area (TPSA) is 37.8 Å². The van der Waals surface area contributed by atoms with Crippen molar-refractivity contribution in [2.75, 3.05) is 11.9 Å². The third kappa shape index (κ3) is 3.64. The lowest BCUT2D eigenvalue weighted by molar-refractivity contribution is 0.686. The fraction of sp³-hybridized carbons (Fsp3) is 0.500. The Balaban J connectivity index is 2.70. The van der Waals surface area contributed by atoms with Crippen molar-refractivity contribution in [2.24, 2.45) is 5.92 Å². The Labute approximate surface area is 96.4 Å². The van der Waals surface area contributed by atoms with Crippen LogP contribution in [0.3, 0.4) is 0 Å². The lowest BCUT2D eigenvalue weighted by Gasteiger charge is -2.08. The van der Waals surface area contributed by atoms with Gasteiger partial charge in [-0.15, -0.1) is 0 Å². The maximum absolute atomic E-state index is 5.72. The highest BCUT2D eigenvalue weighted by molar-refractivity contribution is 14.1. The average molecular weight is 312 g/mol. The molecule has 1 rings (SSSR count). The van der Waals surface area contributed by atoms with Crippen molar-refractivity contribution in [3.63, 3.8) is 0 Å². The molecule has 0 spiro atoms. The molecular formula is C8H11ClIN3. The fourth-order valence-electron chi connectivity index (χ4n) is 0.766. The van der Waals surface area contributed by atoms with Crippen LogP contribution in [-0.4, -0.2) is 16.5 Å². The van der Waals surface area contributed by atoms with E-state index in [1.54, 1.807) is 6.20 Å². The zero-order chi connectivity index (χ0) is 9.84. The lowest BCUT2D eigenvalue weighted by Crippen LogP contribution is -2.10. The smallest absolute Gasteiger partial charge is 0.160 e. The number of halogens is 2. The fourth-order valence-corrected chi connectivity index (χ4v) is 1.35. The van der Waals surface area contributed by atoms with E-state index in [2.05, 4.69) is 51.7 Å². The largest absolute Gasteiger partial charge is 0.368 e. The van der Waals surface area contributed by atoms with E-state index in [9.17, 15) is 0 Å². The summed E-state index contributed by atoms with van der Waals surface area (Å²) in [6.07, 6.45) is 1.55. The average Bonchev–Trinajstić information content (AvgIpc) is 2.06. The van der Waals surface area contributed by atoms with Gasteiger partial charge < -0.3 is 5.32 Å². The van der Waals surface area contributed by atoms with Crippen LogP contribution in [0.2, 0.25) is 5.15 Å². The first-order valence-electron chi connectivity index (χ1n) is 4.01. The number of anilines is 1. The molecule has 0 aliphatic carbocycles. The molecule has 0 unspecified atom stereocenters. The van der Waals surface area contributed by atoms with E-state index in [4.69, 9.17) is 11.6 Å². The minimum Gasteiger partial charge on any atom is -0.368 e. The molecule has 13 heavy (non-hydrogen) atoms. The summed E-state index contributed by atoms with van der Waals surface area (Å²) in [5.74, 6) is 1.35. The second kappa shape index (κ2) is 4.95. The molecule has 1 N–H and O–H groups in total.